The highest BCUT2D eigenvalue weighted by Crippen LogP contribution is 2.23. The molecular weight excluding hydrogens is 326 g/mol. The molecule has 6 nitrogen and oxygen atoms in total. The molecule has 24 heavy (non-hydrogen) atoms. The molecular formula is C17H18ClN5O. The van der Waals surface area contributed by atoms with Gasteiger partial charge in [0.1, 0.15) is 12.1 Å². The van der Waals surface area contributed by atoms with Gasteiger partial charge in [-0.05, 0) is 36.6 Å². The lowest BCUT2D eigenvalue weighted by Gasteiger charge is -2.12. The van der Waals surface area contributed by atoms with Crippen LogP contribution in [-0.4, -0.2) is 20.2 Å². The number of hydrogen-bond donors (Lipinski definition) is 2. The summed E-state index contributed by atoms with van der Waals surface area (Å²) in [6.45, 7) is 4.43. The lowest BCUT2D eigenvalue weighted by molar-refractivity contribution is 0.826. The summed E-state index contributed by atoms with van der Waals surface area (Å²) in [6.07, 6.45) is 3.02. The number of aromatic nitrogens is 4. The van der Waals surface area contributed by atoms with Crippen molar-refractivity contribution in [2.75, 3.05) is 5.32 Å². The first kappa shape index (κ1) is 16.4. The summed E-state index contributed by atoms with van der Waals surface area (Å²) in [5, 5.41) is 11.5. The Morgan fingerprint density at radius 3 is 2.75 bits per heavy atom. The van der Waals surface area contributed by atoms with E-state index in [2.05, 4.69) is 25.5 Å². The molecule has 0 bridgehead atoms. The van der Waals surface area contributed by atoms with Crippen LogP contribution in [0.2, 0.25) is 5.02 Å². The molecule has 2 N–H and O–H groups in total. The monoisotopic (exact) mass is 343 g/mol. The molecule has 1 aromatic carbocycles. The minimum absolute atomic E-state index is 0.169. The van der Waals surface area contributed by atoms with Gasteiger partial charge in [0.15, 0.2) is 0 Å². The maximum absolute atomic E-state index is 12.2. The molecule has 0 atom stereocenters. The first-order valence-electron chi connectivity index (χ1n) is 7.87. The summed E-state index contributed by atoms with van der Waals surface area (Å²) in [7, 11) is 0. The Hall–Kier alpha value is -2.47. The summed E-state index contributed by atoms with van der Waals surface area (Å²) in [5.74, 6) is 0.674. The van der Waals surface area contributed by atoms with Crippen LogP contribution in [0.5, 0.6) is 0 Å². The second-order valence-corrected chi connectivity index (χ2v) is 5.84. The number of benzene rings is 1. The van der Waals surface area contributed by atoms with E-state index in [0.717, 1.165) is 35.0 Å². The zero-order chi connectivity index (χ0) is 17.1. The molecule has 0 unspecified atom stereocenters. The number of hydrogen-bond acceptors (Lipinski definition) is 5. The van der Waals surface area contributed by atoms with Gasteiger partial charge in [0, 0.05) is 22.5 Å². The van der Waals surface area contributed by atoms with Gasteiger partial charge in [0.25, 0.3) is 5.56 Å². The molecule has 0 spiro atoms. The molecule has 3 aromatic rings. The van der Waals surface area contributed by atoms with Gasteiger partial charge in [0.05, 0.1) is 11.2 Å². The molecule has 2 aromatic heterocycles. The Morgan fingerprint density at radius 2 is 2.00 bits per heavy atom. The predicted molar refractivity (Wildman–Crippen MR) is 95.5 cm³/mol. The van der Waals surface area contributed by atoms with E-state index in [9.17, 15) is 4.79 Å². The minimum Gasteiger partial charge on any atom is -0.365 e. The Balaban J connectivity index is 1.96. The smallest absolute Gasteiger partial charge is 0.269 e. The minimum atomic E-state index is -0.169. The number of aromatic amines is 1. The highest BCUT2D eigenvalue weighted by molar-refractivity contribution is 6.31. The summed E-state index contributed by atoms with van der Waals surface area (Å²) < 4.78 is 0. The second kappa shape index (κ2) is 6.97. The molecule has 0 radical (unpaired) electrons. The summed E-state index contributed by atoms with van der Waals surface area (Å²) in [4.78, 5) is 20.7. The van der Waals surface area contributed by atoms with Gasteiger partial charge < -0.3 is 5.32 Å². The largest absolute Gasteiger partial charge is 0.365 e. The number of nitrogens with zero attached hydrogens (tertiary/aromatic N) is 3. The van der Waals surface area contributed by atoms with Gasteiger partial charge in [-0.15, -0.1) is 0 Å². The first-order valence-corrected chi connectivity index (χ1v) is 8.25. The number of rotatable bonds is 5. The number of fused-ring (bicyclic) bond motifs is 1. The summed E-state index contributed by atoms with van der Waals surface area (Å²) in [5.41, 5.74) is 3.21. The highest BCUT2D eigenvalue weighted by atomic mass is 35.5. The van der Waals surface area contributed by atoms with Crippen molar-refractivity contribution in [3.05, 3.63) is 56.7 Å². The molecule has 0 fully saturated rings. The molecule has 7 heteroatoms. The van der Waals surface area contributed by atoms with Crippen molar-refractivity contribution >= 4 is 28.3 Å². The van der Waals surface area contributed by atoms with Crippen LogP contribution in [0.3, 0.4) is 0 Å². The van der Waals surface area contributed by atoms with Gasteiger partial charge in [-0.3, -0.25) is 4.79 Å². The fourth-order valence-corrected chi connectivity index (χ4v) is 2.97. The van der Waals surface area contributed by atoms with Crippen LogP contribution in [0.1, 0.15) is 30.7 Å². The molecule has 0 aliphatic rings. The number of H-pyrrole nitrogens is 1. The van der Waals surface area contributed by atoms with Crippen LogP contribution in [0, 0.1) is 0 Å². The van der Waals surface area contributed by atoms with E-state index in [-0.39, 0.29) is 5.56 Å². The van der Waals surface area contributed by atoms with E-state index in [1.165, 1.54) is 6.33 Å². The van der Waals surface area contributed by atoms with Crippen LogP contribution < -0.4 is 10.9 Å². The molecule has 0 saturated carbocycles. The molecule has 0 amide bonds. The molecule has 0 aliphatic heterocycles. The van der Waals surface area contributed by atoms with Crippen molar-refractivity contribution in [3.8, 4) is 0 Å². The zero-order valence-electron chi connectivity index (χ0n) is 13.6. The molecule has 2 heterocycles. The van der Waals surface area contributed by atoms with Crippen LogP contribution in [0.4, 0.5) is 5.82 Å². The van der Waals surface area contributed by atoms with E-state index in [0.29, 0.717) is 22.9 Å². The highest BCUT2D eigenvalue weighted by Gasteiger charge is 2.12. The lowest BCUT2D eigenvalue weighted by atomic mass is 10.0. The maximum atomic E-state index is 12.2. The van der Waals surface area contributed by atoms with Crippen molar-refractivity contribution in [3.63, 3.8) is 0 Å². The number of aryl methyl sites for hydroxylation is 1. The van der Waals surface area contributed by atoms with Crippen molar-refractivity contribution in [2.45, 2.75) is 33.2 Å². The van der Waals surface area contributed by atoms with Gasteiger partial charge in [-0.1, -0.05) is 25.4 Å². The van der Waals surface area contributed by atoms with Gasteiger partial charge in [-0.25, -0.2) is 15.1 Å². The Labute approximate surface area is 144 Å². The Morgan fingerprint density at radius 1 is 1.17 bits per heavy atom. The Kier molecular flexibility index (Phi) is 4.76. The van der Waals surface area contributed by atoms with Crippen LogP contribution in [0.15, 0.2) is 29.3 Å². The number of anilines is 1. The lowest BCUT2D eigenvalue weighted by Crippen LogP contribution is -2.22. The first-order chi connectivity index (χ1) is 11.6. The fourth-order valence-electron chi connectivity index (χ4n) is 2.80. The molecule has 0 aliphatic carbocycles. The van der Waals surface area contributed by atoms with E-state index >= 15 is 0 Å². The Bertz CT molecular complexity index is 938. The van der Waals surface area contributed by atoms with Crippen molar-refractivity contribution < 1.29 is 0 Å². The normalized spacial score (nSPS) is 11.0. The topological polar surface area (TPSA) is 83.6 Å². The SMILES string of the molecule is CCc1n[nH]c(=O)c(CNc2ncnc3cc(Cl)ccc23)c1CC. The maximum Gasteiger partial charge on any atom is 0.269 e. The van der Waals surface area contributed by atoms with Crippen molar-refractivity contribution in [1.82, 2.24) is 20.2 Å². The van der Waals surface area contributed by atoms with Crippen LogP contribution >= 0.6 is 11.6 Å². The van der Waals surface area contributed by atoms with Gasteiger partial charge >= 0.3 is 0 Å². The van der Waals surface area contributed by atoms with Crippen LogP contribution in [-0.2, 0) is 19.4 Å². The zero-order valence-corrected chi connectivity index (χ0v) is 14.3. The summed E-state index contributed by atoms with van der Waals surface area (Å²) in [6, 6.07) is 5.45. The third kappa shape index (κ3) is 3.10. The van der Waals surface area contributed by atoms with Crippen molar-refractivity contribution in [2.24, 2.45) is 0 Å². The quantitative estimate of drug-likeness (QED) is 0.743. The van der Waals surface area contributed by atoms with E-state index in [4.69, 9.17) is 11.6 Å². The van der Waals surface area contributed by atoms with E-state index in [1.54, 1.807) is 12.1 Å². The van der Waals surface area contributed by atoms with E-state index in [1.807, 2.05) is 19.9 Å². The van der Waals surface area contributed by atoms with Crippen molar-refractivity contribution in [1.29, 1.82) is 0 Å². The van der Waals surface area contributed by atoms with Gasteiger partial charge in [0.2, 0.25) is 0 Å². The average molecular weight is 344 g/mol. The summed E-state index contributed by atoms with van der Waals surface area (Å²) >= 11 is 6.00. The molecule has 0 saturated heterocycles. The number of nitrogens with one attached hydrogen (secondary N) is 2. The standard InChI is InChI=1S/C17H18ClN5O/c1-3-11-13(17(24)23-22-14(11)4-2)8-19-16-12-6-5-10(18)7-15(12)20-9-21-16/h5-7,9H,3-4,8H2,1-2H3,(H,23,24)(H,19,20,21). The fraction of sp³-hybridized carbons (Fsp3) is 0.294. The predicted octanol–water partition coefficient (Wildman–Crippen LogP) is 3.10. The second-order valence-electron chi connectivity index (χ2n) is 5.40. The molecule has 124 valence electrons. The average Bonchev–Trinajstić information content (AvgIpc) is 2.59. The third-order valence-corrected chi connectivity index (χ3v) is 4.23. The van der Waals surface area contributed by atoms with Crippen LogP contribution in [0.25, 0.3) is 10.9 Å². The molecule has 3 rings (SSSR count). The van der Waals surface area contributed by atoms with E-state index < -0.39 is 0 Å². The van der Waals surface area contributed by atoms with Gasteiger partial charge in [-0.2, -0.15) is 5.10 Å². The third-order valence-electron chi connectivity index (χ3n) is 4.00. The number of halogens is 1.